The third kappa shape index (κ3) is 3.97. The van der Waals surface area contributed by atoms with E-state index < -0.39 is 0 Å². The molecule has 4 heterocycles. The number of nitrogens with zero attached hydrogens (tertiary/aromatic N) is 4. The molecule has 1 aliphatic heterocycles. The van der Waals surface area contributed by atoms with Crippen LogP contribution < -0.4 is 5.32 Å². The van der Waals surface area contributed by atoms with Crippen molar-refractivity contribution in [2.75, 3.05) is 6.54 Å². The Balaban J connectivity index is 1.47. The highest BCUT2D eigenvalue weighted by Gasteiger charge is 2.24. The van der Waals surface area contributed by atoms with Crippen LogP contribution in [-0.2, 0) is 17.9 Å². The molecule has 0 radical (unpaired) electrons. The zero-order chi connectivity index (χ0) is 17.8. The monoisotopic (exact) mass is 353 g/mol. The fraction of sp³-hybridized carbons (Fsp3) is 0.333. The first kappa shape index (κ1) is 16.5. The highest BCUT2D eigenvalue weighted by Crippen LogP contribution is 2.18. The third-order valence-corrected chi connectivity index (χ3v) is 4.24. The second-order valence-corrected chi connectivity index (χ2v) is 6.29. The van der Waals surface area contributed by atoms with Crippen molar-refractivity contribution in [1.29, 1.82) is 0 Å². The highest BCUT2D eigenvalue weighted by molar-refractivity contribution is 5.78. The number of rotatable bonds is 7. The summed E-state index contributed by atoms with van der Waals surface area (Å²) in [6.07, 6.45) is 4.75. The standard InChI is InChI=1S/C18H19N5O3/c24-17-7-6-14(20-17)11-23(10-13-4-1-2-8-19-13)12-16-21-18(26-22-16)15-5-3-9-25-15/h1-5,8-9,14H,6-7,10-12H2,(H,20,24)/t14-/m0/s1. The molecule has 3 aromatic heterocycles. The van der Waals surface area contributed by atoms with Crippen LogP contribution >= 0.6 is 0 Å². The zero-order valence-electron chi connectivity index (χ0n) is 14.2. The van der Waals surface area contributed by atoms with Crippen LogP contribution in [0.4, 0.5) is 0 Å². The van der Waals surface area contributed by atoms with Crippen molar-refractivity contribution in [2.24, 2.45) is 0 Å². The molecule has 1 aliphatic rings. The molecule has 3 aromatic rings. The van der Waals surface area contributed by atoms with Gasteiger partial charge in [0.1, 0.15) is 0 Å². The lowest BCUT2D eigenvalue weighted by Crippen LogP contribution is -2.38. The van der Waals surface area contributed by atoms with E-state index in [-0.39, 0.29) is 11.9 Å². The van der Waals surface area contributed by atoms with Gasteiger partial charge in [0.15, 0.2) is 11.6 Å². The van der Waals surface area contributed by atoms with Crippen LogP contribution in [0.15, 0.2) is 51.7 Å². The Morgan fingerprint density at radius 2 is 2.19 bits per heavy atom. The van der Waals surface area contributed by atoms with Gasteiger partial charge in [0, 0.05) is 31.7 Å². The molecule has 1 N–H and O–H groups in total. The minimum atomic E-state index is 0.104. The molecule has 0 unspecified atom stereocenters. The van der Waals surface area contributed by atoms with Gasteiger partial charge in [-0.3, -0.25) is 14.7 Å². The molecule has 0 bridgehead atoms. The molecule has 8 heteroatoms. The fourth-order valence-corrected chi connectivity index (χ4v) is 3.05. The summed E-state index contributed by atoms with van der Waals surface area (Å²) in [5.74, 6) is 1.57. The summed E-state index contributed by atoms with van der Waals surface area (Å²) in [5, 5.41) is 7.05. The summed E-state index contributed by atoms with van der Waals surface area (Å²) in [5.41, 5.74) is 0.951. The Morgan fingerprint density at radius 1 is 1.23 bits per heavy atom. The molecule has 0 spiro atoms. The zero-order valence-corrected chi connectivity index (χ0v) is 14.2. The number of aromatic nitrogens is 3. The van der Waals surface area contributed by atoms with Gasteiger partial charge < -0.3 is 14.3 Å². The van der Waals surface area contributed by atoms with Crippen LogP contribution in [0.25, 0.3) is 11.7 Å². The summed E-state index contributed by atoms with van der Waals surface area (Å²) < 4.78 is 10.6. The number of amides is 1. The van der Waals surface area contributed by atoms with Crippen molar-refractivity contribution >= 4 is 5.91 Å². The van der Waals surface area contributed by atoms with Crippen LogP contribution in [0.5, 0.6) is 0 Å². The largest absolute Gasteiger partial charge is 0.459 e. The molecule has 0 aliphatic carbocycles. The van der Waals surface area contributed by atoms with E-state index in [9.17, 15) is 4.79 Å². The van der Waals surface area contributed by atoms with Gasteiger partial charge in [0.25, 0.3) is 5.89 Å². The van der Waals surface area contributed by atoms with Crippen LogP contribution in [0, 0.1) is 0 Å². The van der Waals surface area contributed by atoms with E-state index in [2.05, 4.69) is 25.3 Å². The lowest BCUT2D eigenvalue weighted by molar-refractivity contribution is -0.119. The topological polar surface area (TPSA) is 97.3 Å². The molecule has 134 valence electrons. The van der Waals surface area contributed by atoms with Crippen LogP contribution in [0.3, 0.4) is 0 Å². The van der Waals surface area contributed by atoms with E-state index in [1.807, 2.05) is 18.2 Å². The van der Waals surface area contributed by atoms with Crippen molar-refractivity contribution < 1.29 is 13.7 Å². The van der Waals surface area contributed by atoms with Gasteiger partial charge in [0.05, 0.1) is 18.5 Å². The van der Waals surface area contributed by atoms with Gasteiger partial charge in [0.2, 0.25) is 5.91 Å². The first-order valence-corrected chi connectivity index (χ1v) is 8.54. The minimum absolute atomic E-state index is 0.104. The van der Waals surface area contributed by atoms with Crippen LogP contribution in [0.2, 0.25) is 0 Å². The molecule has 0 aromatic carbocycles. The second kappa shape index (κ2) is 7.49. The second-order valence-electron chi connectivity index (χ2n) is 6.29. The maximum atomic E-state index is 11.5. The molecule has 4 rings (SSSR count). The lowest BCUT2D eigenvalue weighted by atomic mass is 10.2. The van der Waals surface area contributed by atoms with Gasteiger partial charge in [-0.25, -0.2) is 0 Å². The van der Waals surface area contributed by atoms with Crippen LogP contribution in [-0.4, -0.2) is 38.5 Å². The molecule has 1 amide bonds. The summed E-state index contributed by atoms with van der Waals surface area (Å²) in [7, 11) is 0. The Morgan fingerprint density at radius 3 is 2.92 bits per heavy atom. The summed E-state index contributed by atoms with van der Waals surface area (Å²) >= 11 is 0. The predicted molar refractivity (Wildman–Crippen MR) is 91.5 cm³/mol. The van der Waals surface area contributed by atoms with Gasteiger partial charge in [-0.05, 0) is 30.7 Å². The number of pyridine rings is 1. The molecule has 1 fully saturated rings. The Labute approximate surface area is 150 Å². The van der Waals surface area contributed by atoms with E-state index in [0.29, 0.717) is 43.5 Å². The van der Waals surface area contributed by atoms with E-state index in [4.69, 9.17) is 8.94 Å². The maximum absolute atomic E-state index is 11.5. The van der Waals surface area contributed by atoms with Crippen molar-refractivity contribution in [2.45, 2.75) is 32.0 Å². The van der Waals surface area contributed by atoms with Gasteiger partial charge in [-0.2, -0.15) is 4.98 Å². The Hall–Kier alpha value is -3.00. The van der Waals surface area contributed by atoms with Crippen LogP contribution in [0.1, 0.15) is 24.4 Å². The molecular weight excluding hydrogens is 334 g/mol. The molecule has 26 heavy (non-hydrogen) atoms. The quantitative estimate of drug-likeness (QED) is 0.694. The smallest absolute Gasteiger partial charge is 0.293 e. The van der Waals surface area contributed by atoms with Crippen molar-refractivity contribution in [3.05, 3.63) is 54.3 Å². The number of furan rings is 1. The number of carbonyl (C=O) groups excluding carboxylic acids is 1. The molecule has 8 nitrogen and oxygen atoms in total. The average molecular weight is 353 g/mol. The van der Waals surface area contributed by atoms with E-state index in [0.717, 1.165) is 12.1 Å². The summed E-state index contributed by atoms with van der Waals surface area (Å²) in [6.45, 7) is 1.83. The van der Waals surface area contributed by atoms with Crippen molar-refractivity contribution in [1.82, 2.24) is 25.3 Å². The fourth-order valence-electron chi connectivity index (χ4n) is 3.05. The molecule has 1 saturated heterocycles. The normalized spacial score (nSPS) is 17.0. The summed E-state index contributed by atoms with van der Waals surface area (Å²) in [4.78, 5) is 22.4. The van der Waals surface area contributed by atoms with Crippen molar-refractivity contribution in [3.8, 4) is 11.7 Å². The first-order chi connectivity index (χ1) is 12.8. The molecule has 0 saturated carbocycles. The number of hydrogen-bond acceptors (Lipinski definition) is 7. The molecule has 1 atom stereocenters. The lowest BCUT2D eigenvalue weighted by Gasteiger charge is -2.23. The van der Waals surface area contributed by atoms with Crippen molar-refractivity contribution in [3.63, 3.8) is 0 Å². The minimum Gasteiger partial charge on any atom is -0.459 e. The van der Waals surface area contributed by atoms with E-state index in [1.165, 1.54) is 0 Å². The van der Waals surface area contributed by atoms with E-state index >= 15 is 0 Å². The molecular formula is C18H19N5O3. The number of hydrogen-bond donors (Lipinski definition) is 1. The SMILES string of the molecule is O=C1CC[C@@H](CN(Cc2ccccn2)Cc2noc(-c3ccco3)n2)N1. The van der Waals surface area contributed by atoms with Gasteiger partial charge >= 0.3 is 0 Å². The predicted octanol–water partition coefficient (Wildman–Crippen LogP) is 2.01. The Kier molecular flexibility index (Phi) is 4.74. The third-order valence-electron chi connectivity index (χ3n) is 4.24. The average Bonchev–Trinajstić information content (AvgIpc) is 3.38. The number of nitrogens with one attached hydrogen (secondary N) is 1. The maximum Gasteiger partial charge on any atom is 0.293 e. The van der Waals surface area contributed by atoms with Gasteiger partial charge in [-0.1, -0.05) is 11.2 Å². The first-order valence-electron chi connectivity index (χ1n) is 8.54. The number of carbonyl (C=O) groups is 1. The van der Waals surface area contributed by atoms with E-state index in [1.54, 1.807) is 24.6 Å². The summed E-state index contributed by atoms with van der Waals surface area (Å²) in [6, 6.07) is 9.50. The Bertz CT molecular complexity index is 847. The van der Waals surface area contributed by atoms with Gasteiger partial charge in [-0.15, -0.1) is 0 Å². The highest BCUT2D eigenvalue weighted by atomic mass is 16.5.